The predicted octanol–water partition coefficient (Wildman–Crippen LogP) is 2.92. The number of aliphatic imine (C=N–C) groups is 1. The largest absolute Gasteiger partial charge is 0.512 e. The molecule has 1 rings (SSSR count). The molecule has 0 saturated heterocycles. The van der Waals surface area contributed by atoms with E-state index in [9.17, 15) is 9.90 Å². The van der Waals surface area contributed by atoms with Crippen LogP contribution in [0.3, 0.4) is 0 Å². The first-order valence-corrected chi connectivity index (χ1v) is 5.65. The van der Waals surface area contributed by atoms with E-state index in [1.54, 1.807) is 6.07 Å². The van der Waals surface area contributed by atoms with Gasteiger partial charge in [0.2, 0.25) is 0 Å². The molecule has 0 radical (unpaired) electrons. The van der Waals surface area contributed by atoms with E-state index < -0.39 is 5.97 Å². The van der Waals surface area contributed by atoms with Crippen LogP contribution in [-0.2, 0) is 16.1 Å². The first-order valence-electron chi connectivity index (χ1n) is 5.27. The van der Waals surface area contributed by atoms with Crippen LogP contribution < -0.4 is 0 Å². The Labute approximate surface area is 111 Å². The van der Waals surface area contributed by atoms with Crippen molar-refractivity contribution in [1.82, 2.24) is 0 Å². The second-order valence-electron chi connectivity index (χ2n) is 3.55. The molecule has 0 saturated carbocycles. The SMILES string of the molecule is COC(=O)/C(C=NCc1ccccc1Cl)=C(\C)O. The molecule has 0 aliphatic rings. The summed E-state index contributed by atoms with van der Waals surface area (Å²) in [5, 5.41) is 9.94. The summed E-state index contributed by atoms with van der Waals surface area (Å²) in [6.45, 7) is 1.72. The van der Waals surface area contributed by atoms with Crippen molar-refractivity contribution in [3.8, 4) is 0 Å². The standard InChI is InChI=1S/C13H14ClNO3/c1-9(16)11(13(17)18-2)8-15-7-10-5-3-4-6-12(10)14/h3-6,8,16H,7H2,1-2H3/b11-9+,15-8?. The molecule has 1 N–H and O–H groups in total. The van der Waals surface area contributed by atoms with Gasteiger partial charge in [0, 0.05) is 11.2 Å². The van der Waals surface area contributed by atoms with Gasteiger partial charge >= 0.3 is 5.97 Å². The van der Waals surface area contributed by atoms with Crippen LogP contribution in [0.15, 0.2) is 40.6 Å². The van der Waals surface area contributed by atoms with E-state index in [1.165, 1.54) is 20.2 Å². The molecule has 96 valence electrons. The topological polar surface area (TPSA) is 58.9 Å². The second-order valence-corrected chi connectivity index (χ2v) is 3.96. The number of hydrogen-bond acceptors (Lipinski definition) is 4. The highest BCUT2D eigenvalue weighted by Crippen LogP contribution is 2.15. The molecule has 5 heteroatoms. The smallest absolute Gasteiger partial charge is 0.342 e. The van der Waals surface area contributed by atoms with Crippen LogP contribution in [0.1, 0.15) is 12.5 Å². The van der Waals surface area contributed by atoms with Crippen molar-refractivity contribution in [2.45, 2.75) is 13.5 Å². The van der Waals surface area contributed by atoms with E-state index in [-0.39, 0.29) is 11.3 Å². The molecule has 0 atom stereocenters. The van der Waals surface area contributed by atoms with Gasteiger partial charge in [-0.15, -0.1) is 0 Å². The number of esters is 1. The highest BCUT2D eigenvalue weighted by atomic mass is 35.5. The number of aliphatic hydroxyl groups is 1. The summed E-state index contributed by atoms with van der Waals surface area (Å²) < 4.78 is 4.53. The number of halogens is 1. The molecule has 0 aromatic heterocycles. The second kappa shape index (κ2) is 6.81. The number of allylic oxidation sites excluding steroid dienone is 1. The Balaban J connectivity index is 2.79. The molecule has 18 heavy (non-hydrogen) atoms. The average molecular weight is 268 g/mol. The number of carbonyl (C=O) groups excluding carboxylic acids is 1. The summed E-state index contributed by atoms with van der Waals surface area (Å²) >= 11 is 5.97. The van der Waals surface area contributed by atoms with Crippen LogP contribution in [0.4, 0.5) is 0 Å². The van der Waals surface area contributed by atoms with Gasteiger partial charge in [0.25, 0.3) is 0 Å². The lowest BCUT2D eigenvalue weighted by Crippen LogP contribution is -2.08. The Kier molecular flexibility index (Phi) is 5.39. The number of benzene rings is 1. The monoisotopic (exact) mass is 267 g/mol. The molecule has 0 aliphatic carbocycles. The van der Waals surface area contributed by atoms with Gasteiger partial charge < -0.3 is 9.84 Å². The van der Waals surface area contributed by atoms with Crippen molar-refractivity contribution in [3.05, 3.63) is 46.2 Å². The molecule has 0 aliphatic heterocycles. The Morgan fingerprint density at radius 1 is 1.50 bits per heavy atom. The van der Waals surface area contributed by atoms with Crippen molar-refractivity contribution in [1.29, 1.82) is 0 Å². The van der Waals surface area contributed by atoms with Crippen molar-refractivity contribution >= 4 is 23.8 Å². The molecule has 0 bridgehead atoms. The number of rotatable bonds is 4. The Morgan fingerprint density at radius 2 is 2.17 bits per heavy atom. The molecular weight excluding hydrogens is 254 g/mol. The molecule has 1 aromatic rings. The Bertz CT molecular complexity index is 491. The molecule has 1 aromatic carbocycles. The van der Waals surface area contributed by atoms with Gasteiger partial charge in [0.05, 0.1) is 13.7 Å². The summed E-state index contributed by atoms with van der Waals surface area (Å²) in [5.41, 5.74) is 0.875. The lowest BCUT2D eigenvalue weighted by molar-refractivity contribution is -0.135. The van der Waals surface area contributed by atoms with Crippen LogP contribution in [-0.4, -0.2) is 24.4 Å². The zero-order valence-electron chi connectivity index (χ0n) is 10.2. The number of hydrogen-bond donors (Lipinski definition) is 1. The van der Waals surface area contributed by atoms with E-state index in [0.717, 1.165) is 5.56 Å². The number of nitrogens with zero attached hydrogens (tertiary/aromatic N) is 1. The molecule has 0 unspecified atom stereocenters. The fraction of sp³-hybridized carbons (Fsp3) is 0.231. The highest BCUT2D eigenvalue weighted by molar-refractivity contribution is 6.31. The fourth-order valence-electron chi connectivity index (χ4n) is 1.27. The highest BCUT2D eigenvalue weighted by Gasteiger charge is 2.10. The Morgan fingerprint density at radius 3 is 2.72 bits per heavy atom. The lowest BCUT2D eigenvalue weighted by atomic mass is 10.2. The van der Waals surface area contributed by atoms with Crippen LogP contribution in [0.2, 0.25) is 5.02 Å². The number of aliphatic hydroxyl groups excluding tert-OH is 1. The normalized spacial score (nSPS) is 12.4. The minimum Gasteiger partial charge on any atom is -0.512 e. The van der Waals surface area contributed by atoms with Gasteiger partial charge in [-0.3, -0.25) is 4.99 Å². The minimum atomic E-state index is -0.627. The quantitative estimate of drug-likeness (QED) is 0.395. The van der Waals surface area contributed by atoms with E-state index in [1.807, 2.05) is 18.2 Å². The summed E-state index contributed by atoms with van der Waals surface area (Å²) in [6, 6.07) is 7.28. The third-order valence-corrected chi connectivity index (χ3v) is 2.60. The van der Waals surface area contributed by atoms with Gasteiger partial charge in [0.1, 0.15) is 11.3 Å². The number of ether oxygens (including phenoxy) is 1. The molecule has 0 spiro atoms. The number of methoxy groups -OCH3 is 1. The molecule has 0 amide bonds. The minimum absolute atomic E-state index is 0.0320. The summed E-state index contributed by atoms with van der Waals surface area (Å²) in [7, 11) is 1.24. The van der Waals surface area contributed by atoms with E-state index >= 15 is 0 Å². The maximum absolute atomic E-state index is 11.3. The molecular formula is C13H14ClNO3. The van der Waals surface area contributed by atoms with Gasteiger partial charge in [-0.05, 0) is 18.6 Å². The van der Waals surface area contributed by atoms with Crippen LogP contribution in [0.25, 0.3) is 0 Å². The van der Waals surface area contributed by atoms with E-state index in [0.29, 0.717) is 11.6 Å². The first-order chi connectivity index (χ1) is 8.56. The van der Waals surface area contributed by atoms with Crippen LogP contribution in [0.5, 0.6) is 0 Å². The van der Waals surface area contributed by atoms with Crippen molar-refractivity contribution in [3.63, 3.8) is 0 Å². The third-order valence-electron chi connectivity index (χ3n) is 2.23. The van der Waals surface area contributed by atoms with Crippen LogP contribution in [0, 0.1) is 0 Å². The first kappa shape index (κ1) is 14.3. The maximum atomic E-state index is 11.3. The average Bonchev–Trinajstić information content (AvgIpc) is 2.35. The zero-order chi connectivity index (χ0) is 13.5. The summed E-state index contributed by atoms with van der Waals surface area (Å²) in [4.78, 5) is 15.4. The third kappa shape index (κ3) is 3.89. The van der Waals surface area contributed by atoms with E-state index in [2.05, 4.69) is 9.73 Å². The van der Waals surface area contributed by atoms with Gasteiger partial charge in [-0.25, -0.2) is 4.79 Å². The Hall–Kier alpha value is -1.81. The molecule has 0 heterocycles. The van der Waals surface area contributed by atoms with Crippen molar-refractivity contribution in [2.75, 3.05) is 7.11 Å². The lowest BCUT2D eigenvalue weighted by Gasteiger charge is -2.02. The van der Waals surface area contributed by atoms with Gasteiger partial charge in [-0.2, -0.15) is 0 Å². The fourth-order valence-corrected chi connectivity index (χ4v) is 1.46. The van der Waals surface area contributed by atoms with Crippen molar-refractivity contribution in [2.24, 2.45) is 4.99 Å². The zero-order valence-corrected chi connectivity index (χ0v) is 10.9. The molecule has 0 fully saturated rings. The van der Waals surface area contributed by atoms with Gasteiger partial charge in [-0.1, -0.05) is 29.8 Å². The molecule has 4 nitrogen and oxygen atoms in total. The van der Waals surface area contributed by atoms with Crippen molar-refractivity contribution < 1.29 is 14.6 Å². The maximum Gasteiger partial charge on any atom is 0.342 e. The van der Waals surface area contributed by atoms with Crippen LogP contribution >= 0.6 is 11.6 Å². The summed E-state index contributed by atoms with van der Waals surface area (Å²) in [5.74, 6) is -0.761. The number of carbonyl (C=O) groups is 1. The predicted molar refractivity (Wildman–Crippen MR) is 71.0 cm³/mol. The van der Waals surface area contributed by atoms with E-state index in [4.69, 9.17) is 11.6 Å². The summed E-state index contributed by atoms with van der Waals surface area (Å²) in [6.07, 6.45) is 1.28. The van der Waals surface area contributed by atoms with Gasteiger partial charge in [0.15, 0.2) is 0 Å².